The average Bonchev–Trinajstić information content (AvgIpc) is 2.69. The van der Waals surface area contributed by atoms with Gasteiger partial charge in [0.25, 0.3) is 0 Å². The van der Waals surface area contributed by atoms with E-state index < -0.39 is 0 Å². The number of pyridine rings is 1. The summed E-state index contributed by atoms with van der Waals surface area (Å²) in [4.78, 5) is 6.91. The quantitative estimate of drug-likeness (QED) is 0.875. The van der Waals surface area contributed by atoms with Crippen molar-refractivity contribution in [2.45, 2.75) is 24.8 Å². The van der Waals surface area contributed by atoms with Crippen molar-refractivity contribution in [3.8, 4) is 11.5 Å². The maximum absolute atomic E-state index is 6.18. The van der Waals surface area contributed by atoms with E-state index in [9.17, 15) is 0 Å². The van der Waals surface area contributed by atoms with Crippen molar-refractivity contribution in [2.24, 2.45) is 5.73 Å². The second-order valence-corrected chi connectivity index (χ2v) is 6.62. The lowest BCUT2D eigenvalue weighted by Crippen LogP contribution is -2.46. The number of aromatic nitrogens is 1. The molecule has 134 valence electrons. The summed E-state index contributed by atoms with van der Waals surface area (Å²) in [5.41, 5.74) is 8.55. The molecule has 1 fully saturated rings. The molecule has 5 nitrogen and oxygen atoms in total. The fourth-order valence-corrected chi connectivity index (χ4v) is 3.72. The van der Waals surface area contributed by atoms with Crippen molar-refractivity contribution in [1.82, 2.24) is 9.88 Å². The zero-order valence-electron chi connectivity index (χ0n) is 15.1. The van der Waals surface area contributed by atoms with Crippen LogP contribution in [0.25, 0.3) is 0 Å². The predicted molar refractivity (Wildman–Crippen MR) is 99.0 cm³/mol. The number of hydrogen-bond acceptors (Lipinski definition) is 5. The summed E-state index contributed by atoms with van der Waals surface area (Å²) in [5, 5.41) is 0. The van der Waals surface area contributed by atoms with Gasteiger partial charge in [-0.2, -0.15) is 0 Å². The normalized spacial score (nSPS) is 17.2. The van der Waals surface area contributed by atoms with Crippen molar-refractivity contribution in [1.29, 1.82) is 0 Å². The molecule has 0 aliphatic carbocycles. The van der Waals surface area contributed by atoms with Crippen molar-refractivity contribution >= 4 is 0 Å². The van der Waals surface area contributed by atoms with E-state index in [1.165, 1.54) is 5.56 Å². The summed E-state index contributed by atoms with van der Waals surface area (Å²) >= 11 is 0. The lowest BCUT2D eigenvalue weighted by molar-refractivity contribution is 0.153. The summed E-state index contributed by atoms with van der Waals surface area (Å²) in [6, 6.07) is 12.5. The lowest BCUT2D eigenvalue weighted by Gasteiger charge is -2.41. The third-order valence-corrected chi connectivity index (χ3v) is 5.33. The van der Waals surface area contributed by atoms with Crippen LogP contribution in [-0.4, -0.2) is 43.7 Å². The van der Waals surface area contributed by atoms with Gasteiger partial charge in [0.05, 0.1) is 14.2 Å². The number of piperidine rings is 1. The molecule has 2 aromatic rings. The number of nitrogens with two attached hydrogens (primary N) is 1. The molecule has 0 atom stereocenters. The van der Waals surface area contributed by atoms with Crippen LogP contribution in [0.2, 0.25) is 0 Å². The summed E-state index contributed by atoms with van der Waals surface area (Å²) in [6.45, 7) is 3.43. The standard InChI is InChI=1S/C20H27N3O2/c1-24-18-8-11-22-17(19(18)25-2)14-23-12-9-20(15-21,10-13-23)16-6-4-3-5-7-16/h3-8,11H,9-10,12-15,21H2,1-2H3. The topological polar surface area (TPSA) is 60.6 Å². The molecule has 1 aliphatic rings. The molecular weight excluding hydrogens is 314 g/mol. The van der Waals surface area contributed by atoms with Crippen LogP contribution in [0, 0.1) is 0 Å². The van der Waals surface area contributed by atoms with E-state index in [0.29, 0.717) is 6.54 Å². The number of hydrogen-bond donors (Lipinski definition) is 1. The van der Waals surface area contributed by atoms with Crippen LogP contribution in [-0.2, 0) is 12.0 Å². The minimum atomic E-state index is 0.0870. The van der Waals surface area contributed by atoms with Crippen molar-refractivity contribution in [3.63, 3.8) is 0 Å². The molecule has 3 rings (SSSR count). The summed E-state index contributed by atoms with van der Waals surface area (Å²) < 4.78 is 10.9. The van der Waals surface area contributed by atoms with Crippen LogP contribution >= 0.6 is 0 Å². The monoisotopic (exact) mass is 341 g/mol. The lowest BCUT2D eigenvalue weighted by atomic mass is 9.73. The van der Waals surface area contributed by atoms with Crippen molar-refractivity contribution in [3.05, 3.63) is 53.9 Å². The van der Waals surface area contributed by atoms with Crippen molar-refractivity contribution < 1.29 is 9.47 Å². The van der Waals surface area contributed by atoms with Gasteiger partial charge in [-0.3, -0.25) is 9.88 Å². The fourth-order valence-electron chi connectivity index (χ4n) is 3.72. The van der Waals surface area contributed by atoms with Gasteiger partial charge in [0, 0.05) is 30.8 Å². The second kappa shape index (κ2) is 7.85. The number of benzene rings is 1. The molecule has 25 heavy (non-hydrogen) atoms. The number of ether oxygens (including phenoxy) is 2. The summed E-state index contributed by atoms with van der Waals surface area (Å²) in [7, 11) is 3.31. The van der Waals surface area contributed by atoms with Crippen LogP contribution in [0.15, 0.2) is 42.6 Å². The van der Waals surface area contributed by atoms with E-state index in [2.05, 4.69) is 40.2 Å². The van der Waals surface area contributed by atoms with E-state index in [1.807, 2.05) is 6.07 Å². The Kier molecular flexibility index (Phi) is 5.56. The Morgan fingerprint density at radius 2 is 1.80 bits per heavy atom. The van der Waals surface area contributed by atoms with Gasteiger partial charge in [0.2, 0.25) is 0 Å². The molecule has 0 amide bonds. The summed E-state index contributed by atoms with van der Waals surface area (Å²) in [5.74, 6) is 1.45. The average molecular weight is 341 g/mol. The molecule has 1 aromatic heterocycles. The Morgan fingerprint density at radius 1 is 1.08 bits per heavy atom. The minimum Gasteiger partial charge on any atom is -0.493 e. The Morgan fingerprint density at radius 3 is 2.40 bits per heavy atom. The van der Waals surface area contributed by atoms with Crippen LogP contribution in [0.3, 0.4) is 0 Å². The van der Waals surface area contributed by atoms with Gasteiger partial charge in [-0.15, -0.1) is 0 Å². The van der Waals surface area contributed by atoms with Gasteiger partial charge in [-0.25, -0.2) is 0 Å². The predicted octanol–water partition coefficient (Wildman–Crippen LogP) is 2.59. The van der Waals surface area contributed by atoms with Gasteiger partial charge in [0.1, 0.15) is 5.69 Å². The van der Waals surface area contributed by atoms with Gasteiger partial charge in [0.15, 0.2) is 11.5 Å². The number of methoxy groups -OCH3 is 2. The largest absolute Gasteiger partial charge is 0.493 e. The van der Waals surface area contributed by atoms with Gasteiger partial charge in [-0.05, 0) is 31.5 Å². The first kappa shape index (κ1) is 17.7. The van der Waals surface area contributed by atoms with E-state index in [4.69, 9.17) is 15.2 Å². The van der Waals surface area contributed by atoms with E-state index in [1.54, 1.807) is 20.4 Å². The molecule has 1 aromatic carbocycles. The maximum Gasteiger partial charge on any atom is 0.183 e. The maximum atomic E-state index is 6.18. The smallest absolute Gasteiger partial charge is 0.183 e. The highest BCUT2D eigenvalue weighted by Crippen LogP contribution is 2.36. The molecule has 0 saturated carbocycles. The first-order valence-corrected chi connectivity index (χ1v) is 8.76. The van der Waals surface area contributed by atoms with Crippen molar-refractivity contribution in [2.75, 3.05) is 33.9 Å². The van der Waals surface area contributed by atoms with Crippen LogP contribution < -0.4 is 15.2 Å². The highest BCUT2D eigenvalue weighted by molar-refractivity contribution is 5.42. The van der Waals surface area contributed by atoms with Crippen LogP contribution in [0.5, 0.6) is 11.5 Å². The molecule has 0 bridgehead atoms. The highest BCUT2D eigenvalue weighted by Gasteiger charge is 2.35. The number of nitrogens with zero attached hydrogens (tertiary/aromatic N) is 2. The Balaban J connectivity index is 1.71. The number of likely N-dealkylation sites (tertiary alicyclic amines) is 1. The molecular formula is C20H27N3O2. The molecule has 2 N–H and O–H groups in total. The molecule has 5 heteroatoms. The van der Waals surface area contributed by atoms with Gasteiger partial charge >= 0.3 is 0 Å². The van der Waals surface area contributed by atoms with Gasteiger partial charge in [-0.1, -0.05) is 30.3 Å². The zero-order chi connectivity index (χ0) is 17.7. The minimum absolute atomic E-state index is 0.0870. The van der Waals surface area contributed by atoms with Crippen LogP contribution in [0.1, 0.15) is 24.1 Å². The SMILES string of the molecule is COc1ccnc(CN2CCC(CN)(c3ccccc3)CC2)c1OC. The third-order valence-electron chi connectivity index (χ3n) is 5.33. The fraction of sp³-hybridized carbons (Fsp3) is 0.450. The first-order chi connectivity index (χ1) is 12.2. The number of rotatable bonds is 6. The Labute approximate surface area is 149 Å². The zero-order valence-corrected chi connectivity index (χ0v) is 15.1. The molecule has 0 spiro atoms. The molecule has 1 saturated heterocycles. The van der Waals surface area contributed by atoms with E-state index in [0.717, 1.165) is 49.7 Å². The van der Waals surface area contributed by atoms with E-state index in [-0.39, 0.29) is 5.41 Å². The molecule has 0 unspecified atom stereocenters. The van der Waals surface area contributed by atoms with Gasteiger partial charge < -0.3 is 15.2 Å². The second-order valence-electron chi connectivity index (χ2n) is 6.62. The highest BCUT2D eigenvalue weighted by atomic mass is 16.5. The first-order valence-electron chi connectivity index (χ1n) is 8.76. The Hall–Kier alpha value is -2.11. The molecule has 2 heterocycles. The molecule has 0 radical (unpaired) electrons. The third kappa shape index (κ3) is 3.62. The van der Waals surface area contributed by atoms with Crippen LogP contribution in [0.4, 0.5) is 0 Å². The Bertz CT molecular complexity index is 683. The summed E-state index contributed by atoms with van der Waals surface area (Å²) in [6.07, 6.45) is 3.88. The molecule has 1 aliphatic heterocycles. The van der Waals surface area contributed by atoms with E-state index >= 15 is 0 Å².